The number of methoxy groups -OCH3 is 1. The molecule has 0 spiro atoms. The van der Waals surface area contributed by atoms with Crippen molar-refractivity contribution in [3.63, 3.8) is 0 Å². The summed E-state index contributed by atoms with van der Waals surface area (Å²) < 4.78 is 9.46. The molecule has 0 bridgehead atoms. The number of fused-ring (bicyclic) bond motifs is 3. The van der Waals surface area contributed by atoms with Crippen LogP contribution >= 0.6 is 0 Å². The number of benzene rings is 1. The van der Waals surface area contributed by atoms with E-state index in [1.807, 2.05) is 17.9 Å². The zero-order valence-corrected chi connectivity index (χ0v) is 20.0. The largest absolute Gasteiger partial charge is 0.452 e. The van der Waals surface area contributed by atoms with Gasteiger partial charge in [0.05, 0.1) is 30.0 Å². The van der Waals surface area contributed by atoms with Gasteiger partial charge < -0.3 is 14.6 Å². The van der Waals surface area contributed by atoms with Crippen molar-refractivity contribution < 1.29 is 9.53 Å². The van der Waals surface area contributed by atoms with Crippen LogP contribution in [0.15, 0.2) is 24.5 Å². The lowest BCUT2D eigenvalue weighted by Gasteiger charge is -2.34. The number of aromatic nitrogens is 4. The second-order valence-electron chi connectivity index (χ2n) is 9.61. The van der Waals surface area contributed by atoms with Crippen LogP contribution < -0.4 is 10.2 Å². The summed E-state index contributed by atoms with van der Waals surface area (Å²) in [4.78, 5) is 19.6. The molecule has 2 aliphatic heterocycles. The van der Waals surface area contributed by atoms with E-state index in [-0.39, 0.29) is 18.1 Å². The lowest BCUT2D eigenvalue weighted by Crippen LogP contribution is -2.42. The van der Waals surface area contributed by atoms with E-state index < -0.39 is 0 Å². The van der Waals surface area contributed by atoms with Crippen LogP contribution in [-0.2, 0) is 24.6 Å². The summed E-state index contributed by atoms with van der Waals surface area (Å²) in [5.41, 5.74) is 5.56. The fraction of sp³-hybridized carbons (Fsp3) is 0.560. The highest BCUT2D eigenvalue weighted by atomic mass is 16.5. The minimum absolute atomic E-state index is 0.109. The molecule has 0 unspecified atom stereocenters. The molecule has 5 rings (SSSR count). The molecule has 33 heavy (non-hydrogen) atoms. The number of piperidine rings is 1. The third-order valence-corrected chi connectivity index (χ3v) is 7.27. The summed E-state index contributed by atoms with van der Waals surface area (Å²) in [6.07, 6.45) is 8.65. The van der Waals surface area contributed by atoms with E-state index in [0.717, 1.165) is 62.2 Å². The minimum Gasteiger partial charge on any atom is -0.452 e. The number of rotatable bonds is 4. The van der Waals surface area contributed by atoms with Crippen LogP contribution in [0.4, 0.5) is 10.5 Å². The molecule has 2 atom stereocenters. The Morgan fingerprint density at radius 3 is 2.76 bits per heavy atom. The zero-order chi connectivity index (χ0) is 23.1. The zero-order valence-electron chi connectivity index (χ0n) is 20.0. The van der Waals surface area contributed by atoms with Gasteiger partial charge in [-0.3, -0.25) is 9.58 Å². The highest BCUT2D eigenvalue weighted by molar-refractivity contribution is 5.95. The molecule has 8 heteroatoms. The van der Waals surface area contributed by atoms with Crippen LogP contribution in [0.25, 0.3) is 11.0 Å². The summed E-state index contributed by atoms with van der Waals surface area (Å²) in [7, 11) is 3.41. The number of nitrogens with one attached hydrogen (secondary N) is 1. The molecule has 0 radical (unpaired) electrons. The van der Waals surface area contributed by atoms with Gasteiger partial charge in [0.1, 0.15) is 5.82 Å². The van der Waals surface area contributed by atoms with Crippen molar-refractivity contribution in [2.45, 2.75) is 64.0 Å². The summed E-state index contributed by atoms with van der Waals surface area (Å²) in [6, 6.07) is 4.80. The van der Waals surface area contributed by atoms with Gasteiger partial charge in [-0.25, -0.2) is 9.78 Å². The molecule has 176 valence electrons. The van der Waals surface area contributed by atoms with E-state index in [4.69, 9.17) is 9.72 Å². The average Bonchev–Trinajstić information content (AvgIpc) is 3.42. The van der Waals surface area contributed by atoms with Crippen LogP contribution in [-0.4, -0.2) is 51.7 Å². The van der Waals surface area contributed by atoms with Gasteiger partial charge in [-0.2, -0.15) is 5.10 Å². The number of anilines is 1. The molecule has 2 aromatic heterocycles. The lowest BCUT2D eigenvalue weighted by atomic mass is 9.95. The summed E-state index contributed by atoms with van der Waals surface area (Å²) >= 11 is 0. The monoisotopic (exact) mass is 450 g/mol. The quantitative estimate of drug-likeness (QED) is 0.651. The minimum atomic E-state index is -0.300. The SMILES string of the molecule is COC(=O)N1c2ccc3c(nc([C@H](C)Cc4cnn(C)c4)n3C3CCNCC3)c2CC[C@@H]1C. The second kappa shape index (κ2) is 8.82. The number of imidazole rings is 1. The Morgan fingerprint density at radius 1 is 1.27 bits per heavy atom. The molecule has 0 aliphatic carbocycles. The number of carbonyl (C=O) groups is 1. The topological polar surface area (TPSA) is 77.2 Å². The normalized spacial score (nSPS) is 20.1. The Bertz CT molecular complexity index is 1160. The van der Waals surface area contributed by atoms with Crippen molar-refractivity contribution in [1.29, 1.82) is 0 Å². The van der Waals surface area contributed by atoms with E-state index in [2.05, 4.69) is 47.2 Å². The van der Waals surface area contributed by atoms with Crippen molar-refractivity contribution in [2.75, 3.05) is 25.1 Å². The number of aryl methyl sites for hydroxylation is 2. The molecule has 1 saturated heterocycles. The van der Waals surface area contributed by atoms with Crippen LogP contribution in [0.2, 0.25) is 0 Å². The number of nitrogens with zero attached hydrogens (tertiary/aromatic N) is 5. The molecule has 1 fully saturated rings. The predicted molar refractivity (Wildman–Crippen MR) is 129 cm³/mol. The van der Waals surface area contributed by atoms with Gasteiger partial charge in [-0.1, -0.05) is 6.92 Å². The Balaban J connectivity index is 1.63. The third-order valence-electron chi connectivity index (χ3n) is 7.27. The maximum Gasteiger partial charge on any atom is 0.414 e. The van der Waals surface area contributed by atoms with E-state index in [0.29, 0.717) is 6.04 Å². The molecular formula is C25H34N6O2. The first-order valence-electron chi connectivity index (χ1n) is 12.1. The van der Waals surface area contributed by atoms with Crippen molar-refractivity contribution in [1.82, 2.24) is 24.6 Å². The third kappa shape index (κ3) is 3.90. The second-order valence-corrected chi connectivity index (χ2v) is 9.61. The van der Waals surface area contributed by atoms with Crippen molar-refractivity contribution in [2.24, 2.45) is 7.05 Å². The predicted octanol–water partition coefficient (Wildman–Crippen LogP) is 3.95. The maximum absolute atomic E-state index is 12.6. The Morgan fingerprint density at radius 2 is 2.06 bits per heavy atom. The molecule has 2 aliphatic rings. The molecule has 4 heterocycles. The standard InChI is InChI=1S/C25H34N6O2/c1-16(13-18-14-27-29(3)15-18)24-28-23-20-6-5-17(2)30(25(32)33-4)21(20)7-8-22(23)31(24)19-9-11-26-12-10-19/h7-8,14-17,19,26H,5-6,9-13H2,1-4H3/t16-,17+/m1/s1. The number of carbonyl (C=O) groups excluding carboxylic acids is 1. The van der Waals surface area contributed by atoms with E-state index in [9.17, 15) is 4.79 Å². The fourth-order valence-corrected chi connectivity index (χ4v) is 5.61. The molecule has 0 saturated carbocycles. The fourth-order valence-electron chi connectivity index (χ4n) is 5.61. The van der Waals surface area contributed by atoms with E-state index >= 15 is 0 Å². The highest BCUT2D eigenvalue weighted by Crippen LogP contribution is 2.39. The number of hydrogen-bond donors (Lipinski definition) is 1. The summed E-state index contributed by atoms with van der Waals surface area (Å²) in [5.74, 6) is 1.39. The molecule has 1 N–H and O–H groups in total. The first kappa shape index (κ1) is 21.9. The molecule has 1 amide bonds. The van der Waals surface area contributed by atoms with Crippen LogP contribution in [0.3, 0.4) is 0 Å². The summed E-state index contributed by atoms with van der Waals surface area (Å²) in [6.45, 7) is 6.40. The van der Waals surface area contributed by atoms with Gasteiger partial charge in [-0.05, 0) is 69.8 Å². The Hall–Kier alpha value is -2.87. The summed E-state index contributed by atoms with van der Waals surface area (Å²) in [5, 5.41) is 7.84. The molecule has 1 aromatic carbocycles. The van der Waals surface area contributed by atoms with Crippen LogP contribution in [0.1, 0.15) is 62.0 Å². The van der Waals surface area contributed by atoms with Crippen molar-refractivity contribution >= 4 is 22.8 Å². The number of hydrogen-bond acceptors (Lipinski definition) is 5. The molecule has 8 nitrogen and oxygen atoms in total. The van der Waals surface area contributed by atoms with Gasteiger partial charge >= 0.3 is 6.09 Å². The van der Waals surface area contributed by atoms with Gasteiger partial charge in [0, 0.05) is 36.8 Å². The first-order valence-corrected chi connectivity index (χ1v) is 12.1. The van der Waals surface area contributed by atoms with Crippen molar-refractivity contribution in [3.05, 3.63) is 41.5 Å². The average molecular weight is 451 g/mol. The number of amides is 1. The molecule has 3 aromatic rings. The highest BCUT2D eigenvalue weighted by Gasteiger charge is 2.33. The first-order chi connectivity index (χ1) is 16.0. The number of ether oxygens (including phenoxy) is 1. The van der Waals surface area contributed by atoms with Crippen LogP contribution in [0, 0.1) is 0 Å². The molecular weight excluding hydrogens is 416 g/mol. The van der Waals surface area contributed by atoms with Gasteiger partial charge in [0.25, 0.3) is 0 Å². The lowest BCUT2D eigenvalue weighted by molar-refractivity contribution is 0.175. The van der Waals surface area contributed by atoms with Crippen LogP contribution in [0.5, 0.6) is 0 Å². The smallest absolute Gasteiger partial charge is 0.414 e. The van der Waals surface area contributed by atoms with Gasteiger partial charge in [-0.15, -0.1) is 0 Å². The van der Waals surface area contributed by atoms with Gasteiger partial charge in [0.15, 0.2) is 0 Å². The van der Waals surface area contributed by atoms with Gasteiger partial charge in [0.2, 0.25) is 0 Å². The Labute approximate surface area is 194 Å². The maximum atomic E-state index is 12.6. The van der Waals surface area contributed by atoms with E-state index in [1.54, 1.807) is 4.90 Å². The van der Waals surface area contributed by atoms with Crippen molar-refractivity contribution in [3.8, 4) is 0 Å². The van der Waals surface area contributed by atoms with E-state index in [1.165, 1.54) is 23.8 Å². The Kier molecular flexibility index (Phi) is 5.86.